The third-order valence-electron chi connectivity index (χ3n) is 4.70. The first-order valence-electron chi connectivity index (χ1n) is 9.91. The number of hydrogen-bond donors (Lipinski definition) is 1. The molecule has 0 radical (unpaired) electrons. The molecule has 0 saturated carbocycles. The van der Waals surface area contributed by atoms with Crippen molar-refractivity contribution in [3.63, 3.8) is 0 Å². The Morgan fingerprint density at radius 3 is 2.29 bits per heavy atom. The minimum atomic E-state index is -0.301. The molecule has 0 aliphatic heterocycles. The lowest BCUT2D eigenvalue weighted by Crippen LogP contribution is -2.16. The zero-order valence-corrected chi connectivity index (χ0v) is 18.2. The van der Waals surface area contributed by atoms with Crippen LogP contribution < -0.4 is 5.32 Å². The first kappa shape index (κ1) is 20.4. The van der Waals surface area contributed by atoms with E-state index in [1.54, 1.807) is 35.3 Å². The van der Waals surface area contributed by atoms with Gasteiger partial charge in [0.2, 0.25) is 0 Å². The van der Waals surface area contributed by atoms with Gasteiger partial charge < -0.3 is 5.32 Å². The minimum absolute atomic E-state index is 0.206. The molecule has 0 aliphatic carbocycles. The highest BCUT2D eigenvalue weighted by molar-refractivity contribution is 6.03. The van der Waals surface area contributed by atoms with Crippen molar-refractivity contribution in [1.82, 2.24) is 34.5 Å². The molecule has 0 fully saturated rings. The summed E-state index contributed by atoms with van der Waals surface area (Å²) in [7, 11) is 0. The molecular weight excluding hydrogens is 392 g/mol. The molecular formula is C22H24N8O. The van der Waals surface area contributed by atoms with Crippen molar-refractivity contribution >= 4 is 11.7 Å². The van der Waals surface area contributed by atoms with Crippen LogP contribution in [-0.2, 0) is 5.41 Å². The molecule has 4 heterocycles. The van der Waals surface area contributed by atoms with Crippen LogP contribution in [0.2, 0.25) is 0 Å². The topological polar surface area (TPSA) is 103 Å². The van der Waals surface area contributed by atoms with Gasteiger partial charge in [0.25, 0.3) is 11.9 Å². The smallest absolute Gasteiger partial charge is 0.258 e. The number of amides is 1. The van der Waals surface area contributed by atoms with E-state index < -0.39 is 0 Å². The molecule has 0 spiro atoms. The number of carbonyl (C=O) groups is 1. The molecule has 0 unspecified atom stereocenters. The molecule has 0 aliphatic rings. The second-order valence-corrected chi connectivity index (χ2v) is 8.32. The van der Waals surface area contributed by atoms with Crippen molar-refractivity contribution in [3.8, 4) is 11.8 Å². The van der Waals surface area contributed by atoms with E-state index in [0.29, 0.717) is 23.1 Å². The number of carbonyl (C=O) groups excluding carboxylic acids is 1. The summed E-state index contributed by atoms with van der Waals surface area (Å²) >= 11 is 0. The Labute approximate surface area is 180 Å². The molecule has 31 heavy (non-hydrogen) atoms. The molecule has 158 valence electrons. The number of aromatic nitrogens is 7. The van der Waals surface area contributed by atoms with Gasteiger partial charge in [-0.25, -0.2) is 19.6 Å². The van der Waals surface area contributed by atoms with E-state index in [1.807, 2.05) is 26.0 Å². The fourth-order valence-corrected chi connectivity index (χ4v) is 3.08. The zero-order valence-electron chi connectivity index (χ0n) is 18.2. The monoisotopic (exact) mass is 416 g/mol. The molecule has 1 N–H and O–H groups in total. The Morgan fingerprint density at radius 1 is 0.968 bits per heavy atom. The lowest BCUT2D eigenvalue weighted by molar-refractivity contribution is 0.102. The van der Waals surface area contributed by atoms with Crippen molar-refractivity contribution in [3.05, 3.63) is 71.6 Å². The van der Waals surface area contributed by atoms with Gasteiger partial charge in [-0.15, -0.1) is 0 Å². The van der Waals surface area contributed by atoms with E-state index >= 15 is 0 Å². The molecule has 1 amide bonds. The summed E-state index contributed by atoms with van der Waals surface area (Å²) in [4.78, 5) is 25.8. The highest BCUT2D eigenvalue weighted by Gasteiger charge is 2.22. The SMILES string of the molecule is Cc1cc(C)n(-c2ccc(C(=O)Nc3cc(C(C)(C)C)nn3-c3ncccn3)cn2)n1. The van der Waals surface area contributed by atoms with Crippen molar-refractivity contribution in [2.24, 2.45) is 0 Å². The van der Waals surface area contributed by atoms with Crippen LogP contribution in [0.5, 0.6) is 0 Å². The van der Waals surface area contributed by atoms with Gasteiger partial charge in [-0.05, 0) is 38.1 Å². The summed E-state index contributed by atoms with van der Waals surface area (Å²) in [6, 6.07) is 9.03. The van der Waals surface area contributed by atoms with Gasteiger partial charge in [0.15, 0.2) is 5.82 Å². The Hall–Kier alpha value is -3.88. The van der Waals surface area contributed by atoms with Crippen LogP contribution >= 0.6 is 0 Å². The third-order valence-corrected chi connectivity index (χ3v) is 4.70. The maximum atomic E-state index is 12.9. The van der Waals surface area contributed by atoms with E-state index in [1.165, 1.54) is 10.9 Å². The quantitative estimate of drug-likeness (QED) is 0.547. The lowest BCUT2D eigenvalue weighted by Gasteiger charge is -2.13. The fraction of sp³-hybridized carbons (Fsp3) is 0.273. The third kappa shape index (κ3) is 4.20. The molecule has 0 atom stereocenters. The largest absolute Gasteiger partial charge is 0.306 e. The number of nitrogens with zero attached hydrogens (tertiary/aromatic N) is 7. The number of pyridine rings is 1. The van der Waals surface area contributed by atoms with E-state index in [0.717, 1.165) is 17.1 Å². The molecule has 0 bridgehead atoms. The Bertz CT molecular complexity index is 1220. The van der Waals surface area contributed by atoms with Gasteiger partial charge in [0.1, 0.15) is 5.82 Å². The summed E-state index contributed by atoms with van der Waals surface area (Å²) in [5, 5.41) is 11.9. The van der Waals surface area contributed by atoms with E-state index in [2.05, 4.69) is 51.2 Å². The van der Waals surface area contributed by atoms with Crippen molar-refractivity contribution < 1.29 is 4.79 Å². The van der Waals surface area contributed by atoms with Crippen molar-refractivity contribution in [1.29, 1.82) is 0 Å². The van der Waals surface area contributed by atoms with Crippen LogP contribution in [0.25, 0.3) is 11.8 Å². The molecule has 0 aromatic carbocycles. The van der Waals surface area contributed by atoms with E-state index in [4.69, 9.17) is 0 Å². The Balaban J connectivity index is 1.62. The highest BCUT2D eigenvalue weighted by Crippen LogP contribution is 2.25. The van der Waals surface area contributed by atoms with Crippen LogP contribution in [0.1, 0.15) is 48.2 Å². The Kier molecular flexibility index (Phi) is 5.10. The number of hydrogen-bond acceptors (Lipinski definition) is 6. The highest BCUT2D eigenvalue weighted by atomic mass is 16.1. The van der Waals surface area contributed by atoms with E-state index in [9.17, 15) is 4.79 Å². The molecule has 0 saturated heterocycles. The first-order chi connectivity index (χ1) is 14.7. The molecule has 4 rings (SSSR count). The minimum Gasteiger partial charge on any atom is -0.306 e. The average molecular weight is 416 g/mol. The summed E-state index contributed by atoms with van der Waals surface area (Å²) in [5.41, 5.74) is 2.91. The van der Waals surface area contributed by atoms with Gasteiger partial charge in [-0.2, -0.15) is 14.9 Å². The average Bonchev–Trinajstić information content (AvgIpc) is 3.31. The second-order valence-electron chi connectivity index (χ2n) is 8.32. The Morgan fingerprint density at radius 2 is 1.71 bits per heavy atom. The number of anilines is 1. The van der Waals surface area contributed by atoms with Crippen LogP contribution in [0.3, 0.4) is 0 Å². The summed E-state index contributed by atoms with van der Waals surface area (Å²) < 4.78 is 3.28. The van der Waals surface area contributed by atoms with Gasteiger partial charge >= 0.3 is 0 Å². The van der Waals surface area contributed by atoms with Crippen LogP contribution in [0.15, 0.2) is 48.9 Å². The van der Waals surface area contributed by atoms with Gasteiger partial charge in [0.05, 0.1) is 17.0 Å². The number of aryl methyl sites for hydroxylation is 2. The predicted octanol–water partition coefficient (Wildman–Crippen LogP) is 3.41. The van der Waals surface area contributed by atoms with Crippen LogP contribution in [0.4, 0.5) is 5.82 Å². The zero-order chi connectivity index (χ0) is 22.2. The van der Waals surface area contributed by atoms with Gasteiger partial charge in [-0.1, -0.05) is 20.8 Å². The van der Waals surface area contributed by atoms with E-state index in [-0.39, 0.29) is 11.3 Å². The summed E-state index contributed by atoms with van der Waals surface area (Å²) in [6.07, 6.45) is 4.80. The van der Waals surface area contributed by atoms with Crippen molar-refractivity contribution in [2.75, 3.05) is 5.32 Å². The second kappa shape index (κ2) is 7.75. The molecule has 9 heteroatoms. The maximum Gasteiger partial charge on any atom is 0.258 e. The molecule has 9 nitrogen and oxygen atoms in total. The lowest BCUT2D eigenvalue weighted by atomic mass is 9.92. The molecule has 4 aromatic heterocycles. The molecule has 4 aromatic rings. The van der Waals surface area contributed by atoms with Crippen molar-refractivity contribution in [2.45, 2.75) is 40.0 Å². The van der Waals surface area contributed by atoms with Gasteiger partial charge in [0, 0.05) is 35.8 Å². The summed E-state index contributed by atoms with van der Waals surface area (Å²) in [6.45, 7) is 10.1. The maximum absolute atomic E-state index is 12.9. The first-order valence-corrected chi connectivity index (χ1v) is 9.91. The van der Waals surface area contributed by atoms with Crippen LogP contribution in [-0.4, -0.2) is 40.4 Å². The standard InChI is InChI=1S/C22H24N8O/c1-14-11-15(2)29(27-14)18-8-7-16(13-25-18)20(31)26-19-12-17(22(3,4)5)28-30(19)21-23-9-6-10-24-21/h6-13H,1-5H3,(H,26,31). The normalized spacial score (nSPS) is 11.5. The number of nitrogens with one attached hydrogen (secondary N) is 1. The summed E-state index contributed by atoms with van der Waals surface area (Å²) in [5.74, 6) is 1.22. The fourth-order valence-electron chi connectivity index (χ4n) is 3.08. The van der Waals surface area contributed by atoms with Crippen LogP contribution in [0, 0.1) is 13.8 Å². The number of rotatable bonds is 4. The van der Waals surface area contributed by atoms with Gasteiger partial charge in [-0.3, -0.25) is 4.79 Å². The predicted molar refractivity (Wildman–Crippen MR) is 117 cm³/mol.